The summed E-state index contributed by atoms with van der Waals surface area (Å²) in [6, 6.07) is 12.7. The Hall–Kier alpha value is -2.45. The standard InChI is InChI=1S/C20H24N2O5S/c1-25-17-5-2-4-16(14-17)21-8-10-22(11-9-21)28(23,24)18-6-7-19-20(15-18)27-13-3-12-26-19/h2,4-7,14-15H,3,8-13H2,1H3. The Morgan fingerprint density at radius 1 is 0.929 bits per heavy atom. The zero-order chi connectivity index (χ0) is 19.6. The minimum Gasteiger partial charge on any atom is -0.497 e. The molecule has 0 N–H and O–H groups in total. The quantitative estimate of drug-likeness (QED) is 0.779. The molecule has 0 bridgehead atoms. The zero-order valence-electron chi connectivity index (χ0n) is 15.8. The first-order valence-electron chi connectivity index (χ1n) is 9.37. The summed E-state index contributed by atoms with van der Waals surface area (Å²) < 4.78 is 44.2. The molecule has 2 aromatic rings. The Morgan fingerprint density at radius 3 is 2.43 bits per heavy atom. The van der Waals surface area contributed by atoms with Crippen molar-refractivity contribution in [3.05, 3.63) is 42.5 Å². The normalized spacial score (nSPS) is 17.8. The van der Waals surface area contributed by atoms with Crippen LogP contribution in [0.4, 0.5) is 5.69 Å². The Balaban J connectivity index is 1.48. The maximum atomic E-state index is 13.1. The lowest BCUT2D eigenvalue weighted by atomic mass is 10.2. The fourth-order valence-electron chi connectivity index (χ4n) is 3.45. The molecular weight excluding hydrogens is 380 g/mol. The summed E-state index contributed by atoms with van der Waals surface area (Å²) in [5.74, 6) is 1.88. The van der Waals surface area contributed by atoms with Gasteiger partial charge in [-0.25, -0.2) is 8.42 Å². The molecule has 0 aliphatic carbocycles. The Labute approximate surface area is 165 Å². The molecule has 2 aromatic carbocycles. The summed E-state index contributed by atoms with van der Waals surface area (Å²) in [4.78, 5) is 2.41. The van der Waals surface area contributed by atoms with Crippen molar-refractivity contribution < 1.29 is 22.6 Å². The van der Waals surface area contributed by atoms with Gasteiger partial charge in [0.15, 0.2) is 11.5 Å². The fourth-order valence-corrected chi connectivity index (χ4v) is 4.89. The summed E-state index contributed by atoms with van der Waals surface area (Å²) in [7, 11) is -1.94. The lowest BCUT2D eigenvalue weighted by Gasteiger charge is -2.35. The molecule has 8 heteroatoms. The van der Waals surface area contributed by atoms with Crippen LogP contribution in [0, 0.1) is 0 Å². The number of fused-ring (bicyclic) bond motifs is 1. The molecule has 2 heterocycles. The van der Waals surface area contributed by atoms with Crippen LogP contribution in [0.1, 0.15) is 6.42 Å². The average molecular weight is 404 g/mol. The minimum atomic E-state index is -3.58. The largest absolute Gasteiger partial charge is 0.497 e. The van der Waals surface area contributed by atoms with E-state index in [4.69, 9.17) is 14.2 Å². The van der Waals surface area contributed by atoms with Crippen LogP contribution in [0.15, 0.2) is 47.4 Å². The Kier molecular flexibility index (Phi) is 5.32. The highest BCUT2D eigenvalue weighted by Crippen LogP contribution is 2.33. The molecule has 2 aliphatic heterocycles. The van der Waals surface area contributed by atoms with Crippen molar-refractivity contribution in [2.24, 2.45) is 0 Å². The zero-order valence-corrected chi connectivity index (χ0v) is 16.7. The predicted octanol–water partition coefficient (Wildman–Crippen LogP) is 2.37. The molecule has 2 aliphatic rings. The second-order valence-electron chi connectivity index (χ2n) is 6.75. The van der Waals surface area contributed by atoms with Crippen LogP contribution in [0.3, 0.4) is 0 Å². The van der Waals surface area contributed by atoms with Gasteiger partial charge in [0.25, 0.3) is 0 Å². The Morgan fingerprint density at radius 2 is 1.68 bits per heavy atom. The summed E-state index contributed by atoms with van der Waals surface area (Å²) in [6.45, 7) is 3.19. The van der Waals surface area contributed by atoms with E-state index in [0.717, 1.165) is 17.9 Å². The molecule has 0 amide bonds. The first kappa shape index (κ1) is 18.9. The van der Waals surface area contributed by atoms with Gasteiger partial charge in [-0.3, -0.25) is 0 Å². The lowest BCUT2D eigenvalue weighted by molar-refractivity contribution is 0.296. The van der Waals surface area contributed by atoms with Crippen molar-refractivity contribution in [3.8, 4) is 17.2 Å². The molecule has 1 saturated heterocycles. The number of sulfonamides is 1. The van der Waals surface area contributed by atoms with E-state index in [2.05, 4.69) is 4.90 Å². The SMILES string of the molecule is COc1cccc(N2CCN(S(=O)(=O)c3ccc4c(c3)OCCCO4)CC2)c1. The van der Waals surface area contributed by atoms with E-state index >= 15 is 0 Å². The molecule has 1 fully saturated rings. The maximum absolute atomic E-state index is 13.1. The van der Waals surface area contributed by atoms with Crippen LogP contribution in [0.25, 0.3) is 0 Å². The van der Waals surface area contributed by atoms with E-state index in [1.54, 1.807) is 25.3 Å². The summed E-state index contributed by atoms with van der Waals surface area (Å²) in [5.41, 5.74) is 1.03. The third-order valence-corrected chi connectivity index (χ3v) is 6.91. The van der Waals surface area contributed by atoms with Crippen LogP contribution >= 0.6 is 0 Å². The number of ether oxygens (including phenoxy) is 3. The van der Waals surface area contributed by atoms with Gasteiger partial charge in [0.05, 0.1) is 25.2 Å². The number of hydrogen-bond donors (Lipinski definition) is 0. The molecule has 150 valence electrons. The second-order valence-corrected chi connectivity index (χ2v) is 8.69. The van der Waals surface area contributed by atoms with Gasteiger partial charge < -0.3 is 19.1 Å². The highest BCUT2D eigenvalue weighted by Gasteiger charge is 2.29. The van der Waals surface area contributed by atoms with Crippen LogP contribution in [-0.4, -0.2) is 59.2 Å². The molecule has 28 heavy (non-hydrogen) atoms. The lowest BCUT2D eigenvalue weighted by Crippen LogP contribution is -2.48. The number of benzene rings is 2. The van der Waals surface area contributed by atoms with Crippen LogP contribution < -0.4 is 19.1 Å². The van der Waals surface area contributed by atoms with E-state index in [9.17, 15) is 8.42 Å². The predicted molar refractivity (Wildman–Crippen MR) is 106 cm³/mol. The topological polar surface area (TPSA) is 68.3 Å². The maximum Gasteiger partial charge on any atom is 0.243 e. The van der Waals surface area contributed by atoms with E-state index < -0.39 is 10.0 Å². The van der Waals surface area contributed by atoms with Gasteiger partial charge in [-0.15, -0.1) is 0 Å². The fraction of sp³-hybridized carbons (Fsp3) is 0.400. The smallest absolute Gasteiger partial charge is 0.243 e. The van der Waals surface area contributed by atoms with Crippen molar-refractivity contribution in [2.45, 2.75) is 11.3 Å². The number of piperazine rings is 1. The molecular formula is C20H24N2O5S. The van der Waals surface area contributed by atoms with Gasteiger partial charge in [-0.2, -0.15) is 4.31 Å². The van der Waals surface area contributed by atoms with Gasteiger partial charge in [0.1, 0.15) is 5.75 Å². The van der Waals surface area contributed by atoms with Gasteiger partial charge in [0.2, 0.25) is 10.0 Å². The summed E-state index contributed by atoms with van der Waals surface area (Å²) in [5, 5.41) is 0. The first-order chi connectivity index (χ1) is 13.6. The van der Waals surface area contributed by atoms with Gasteiger partial charge in [-0.05, 0) is 24.3 Å². The third-order valence-electron chi connectivity index (χ3n) is 5.01. The van der Waals surface area contributed by atoms with E-state index in [1.807, 2.05) is 24.3 Å². The number of anilines is 1. The molecule has 0 aromatic heterocycles. The first-order valence-corrected chi connectivity index (χ1v) is 10.8. The minimum absolute atomic E-state index is 0.242. The number of rotatable bonds is 4. The summed E-state index contributed by atoms with van der Waals surface area (Å²) >= 11 is 0. The van der Waals surface area contributed by atoms with Crippen molar-refractivity contribution in [3.63, 3.8) is 0 Å². The Bertz CT molecular complexity index is 939. The highest BCUT2D eigenvalue weighted by atomic mass is 32.2. The molecule has 7 nitrogen and oxygen atoms in total. The van der Waals surface area contributed by atoms with Crippen LogP contribution in [0.5, 0.6) is 17.2 Å². The molecule has 0 radical (unpaired) electrons. The molecule has 4 rings (SSSR count). The second kappa shape index (κ2) is 7.89. The van der Waals surface area contributed by atoms with Gasteiger partial charge in [-0.1, -0.05) is 6.07 Å². The highest BCUT2D eigenvalue weighted by molar-refractivity contribution is 7.89. The van der Waals surface area contributed by atoms with Crippen molar-refractivity contribution in [1.82, 2.24) is 4.31 Å². The molecule has 0 atom stereocenters. The molecule has 0 spiro atoms. The molecule has 0 unspecified atom stereocenters. The van der Waals surface area contributed by atoms with Crippen LogP contribution in [-0.2, 0) is 10.0 Å². The van der Waals surface area contributed by atoms with E-state index in [0.29, 0.717) is 50.9 Å². The van der Waals surface area contributed by atoms with E-state index in [1.165, 1.54) is 4.31 Å². The average Bonchev–Trinajstić information content (AvgIpc) is 2.99. The van der Waals surface area contributed by atoms with Crippen LogP contribution in [0.2, 0.25) is 0 Å². The van der Waals surface area contributed by atoms with E-state index in [-0.39, 0.29) is 4.90 Å². The molecule has 0 saturated carbocycles. The number of nitrogens with zero attached hydrogens (tertiary/aromatic N) is 2. The van der Waals surface area contributed by atoms with Gasteiger partial charge >= 0.3 is 0 Å². The van der Waals surface area contributed by atoms with Gasteiger partial charge in [0, 0.05) is 50.4 Å². The number of hydrogen-bond acceptors (Lipinski definition) is 6. The third kappa shape index (κ3) is 3.74. The van der Waals surface area contributed by atoms with Crippen molar-refractivity contribution in [1.29, 1.82) is 0 Å². The van der Waals surface area contributed by atoms with Crippen molar-refractivity contribution >= 4 is 15.7 Å². The number of methoxy groups -OCH3 is 1. The monoisotopic (exact) mass is 404 g/mol. The summed E-state index contributed by atoms with van der Waals surface area (Å²) in [6.07, 6.45) is 0.781. The van der Waals surface area contributed by atoms with Crippen molar-refractivity contribution in [2.75, 3.05) is 51.4 Å².